The van der Waals surface area contributed by atoms with Gasteiger partial charge in [0.25, 0.3) is 0 Å². The number of rotatable bonds is 2. The predicted octanol–water partition coefficient (Wildman–Crippen LogP) is 1.03. The molecule has 1 aliphatic heterocycles. The molecule has 4 atom stereocenters. The van der Waals surface area contributed by atoms with E-state index in [1.54, 1.807) is 0 Å². The molecule has 4 unspecified atom stereocenters. The molecule has 0 aromatic heterocycles. The summed E-state index contributed by atoms with van der Waals surface area (Å²) < 4.78 is 13.0. The summed E-state index contributed by atoms with van der Waals surface area (Å²) in [6.07, 6.45) is 1.49. The largest absolute Gasteiger partial charge is 0.383 e. The van der Waals surface area contributed by atoms with Gasteiger partial charge in [-0.15, -0.1) is 0 Å². The van der Waals surface area contributed by atoms with E-state index in [1.165, 1.54) is 0 Å². The fourth-order valence-corrected chi connectivity index (χ4v) is 1.62. The first-order valence-electron chi connectivity index (χ1n) is 4.86. The van der Waals surface area contributed by atoms with Crippen molar-refractivity contribution in [3.63, 3.8) is 0 Å². The first kappa shape index (κ1) is 6.72. The molecule has 1 rings (SSSR count). The fraction of sp³-hybridized carbons (Fsp3) is 1.00. The van der Waals surface area contributed by atoms with Crippen LogP contribution in [0, 0.1) is 11.8 Å². The van der Waals surface area contributed by atoms with Crippen molar-refractivity contribution in [2.75, 3.05) is 0 Å². The molecule has 10 heavy (non-hydrogen) atoms. The molecule has 1 fully saturated rings. The molecule has 1 aliphatic rings. The molecule has 0 aromatic rings. The Hall–Kier alpha value is 0.0249. The second-order valence-electron chi connectivity index (χ2n) is 3.34. The van der Waals surface area contributed by atoms with Crippen LogP contribution in [-0.2, 0) is 4.74 Å². The van der Waals surface area contributed by atoms with Gasteiger partial charge in [0.2, 0.25) is 0 Å². The lowest BCUT2D eigenvalue weighted by Crippen LogP contribution is -2.15. The lowest BCUT2D eigenvalue weighted by molar-refractivity contribution is 0.0698. The maximum absolute atomic E-state index is 7.26. The standard InChI is InChI=1S/C8H17BO/c1-4-7-5(2)6(3)8(9)10-7/h5-8H,4,9H2,1-3H3/i9D. The van der Waals surface area contributed by atoms with Crippen LogP contribution in [0.15, 0.2) is 0 Å². The zero-order valence-electron chi connectivity index (χ0n) is 8.13. The van der Waals surface area contributed by atoms with Gasteiger partial charge in [-0.2, -0.15) is 0 Å². The van der Waals surface area contributed by atoms with Gasteiger partial charge in [-0.05, 0) is 19.6 Å². The number of hydrogen-bond acceptors (Lipinski definition) is 1. The maximum Gasteiger partial charge on any atom is 0.139 e. The van der Waals surface area contributed by atoms with E-state index in [9.17, 15) is 0 Å². The molecule has 0 spiro atoms. The van der Waals surface area contributed by atoms with Gasteiger partial charge in [0.1, 0.15) is 7.81 Å². The summed E-state index contributed by atoms with van der Waals surface area (Å²) in [6, 6.07) is 0.190. The summed E-state index contributed by atoms with van der Waals surface area (Å²) in [5.74, 6) is 1.20. The van der Waals surface area contributed by atoms with Crippen LogP contribution in [0.3, 0.4) is 0 Å². The van der Waals surface area contributed by atoms with Crippen molar-refractivity contribution in [1.82, 2.24) is 0 Å². The monoisotopic (exact) mass is 141 g/mol. The van der Waals surface area contributed by atoms with E-state index >= 15 is 0 Å². The number of ether oxygens (including phenoxy) is 1. The molecule has 1 saturated heterocycles. The Balaban J connectivity index is 2.53. The Morgan fingerprint density at radius 2 is 2.20 bits per heavy atom. The molecule has 2 heteroatoms. The topological polar surface area (TPSA) is 9.23 Å². The van der Waals surface area contributed by atoms with E-state index < -0.39 is 0 Å². The van der Waals surface area contributed by atoms with E-state index in [2.05, 4.69) is 20.8 Å². The second kappa shape index (κ2) is 2.95. The molecule has 0 amide bonds. The average Bonchev–Trinajstić information content (AvgIpc) is 2.30. The van der Waals surface area contributed by atoms with Crippen LogP contribution in [0.5, 0.6) is 0 Å². The molecule has 1 heterocycles. The van der Waals surface area contributed by atoms with E-state index in [0.717, 1.165) is 6.42 Å². The molecule has 0 saturated carbocycles. The predicted molar refractivity (Wildman–Crippen MR) is 45.8 cm³/mol. The second-order valence-corrected chi connectivity index (χ2v) is 3.34. The van der Waals surface area contributed by atoms with Crippen LogP contribution < -0.4 is 0 Å². The van der Waals surface area contributed by atoms with E-state index in [4.69, 9.17) is 6.07 Å². The van der Waals surface area contributed by atoms with Gasteiger partial charge in [0.15, 0.2) is 0 Å². The third-order valence-electron chi connectivity index (χ3n) is 2.75. The normalized spacial score (nSPS) is 48.9. The quantitative estimate of drug-likeness (QED) is 0.522. The third-order valence-corrected chi connectivity index (χ3v) is 2.75. The van der Waals surface area contributed by atoms with Crippen molar-refractivity contribution in [1.29, 1.82) is 1.34 Å². The minimum atomic E-state index is 0.190. The molecule has 0 aromatic carbocycles. The summed E-state index contributed by atoms with van der Waals surface area (Å²) >= 11 is 0. The Labute approximate surface area is 65.9 Å². The van der Waals surface area contributed by atoms with Gasteiger partial charge in [0.05, 0.1) is 6.10 Å². The van der Waals surface area contributed by atoms with Gasteiger partial charge in [-0.25, -0.2) is 0 Å². The summed E-state index contributed by atoms with van der Waals surface area (Å²) in [5.41, 5.74) is 0. The first-order chi connectivity index (χ1) is 5.20. The van der Waals surface area contributed by atoms with Crippen molar-refractivity contribution >= 4 is 7.81 Å². The smallest absolute Gasteiger partial charge is 0.139 e. The minimum absolute atomic E-state index is 0.190. The van der Waals surface area contributed by atoms with E-state index in [0.29, 0.717) is 25.7 Å². The average molecular weight is 141 g/mol. The molecule has 0 bridgehead atoms. The zero-order valence-corrected chi connectivity index (χ0v) is 7.13. The van der Waals surface area contributed by atoms with Crippen molar-refractivity contribution in [3.05, 3.63) is 0 Å². The highest BCUT2D eigenvalue weighted by Crippen LogP contribution is 2.31. The van der Waals surface area contributed by atoms with Gasteiger partial charge in [0, 0.05) is 6.00 Å². The molecule has 0 N–H and O–H groups in total. The van der Waals surface area contributed by atoms with Crippen molar-refractivity contribution in [2.45, 2.75) is 39.3 Å². The molecule has 1 nitrogen and oxygen atoms in total. The maximum atomic E-state index is 7.26. The minimum Gasteiger partial charge on any atom is -0.383 e. The van der Waals surface area contributed by atoms with Crippen LogP contribution >= 0.6 is 0 Å². The van der Waals surface area contributed by atoms with Crippen LogP contribution in [0.4, 0.5) is 0 Å². The third kappa shape index (κ3) is 1.22. The summed E-state index contributed by atoms with van der Waals surface area (Å²) in [7, 11) is 0.419. The number of hydrogen-bond donors (Lipinski definition) is 0. The van der Waals surface area contributed by atoms with E-state index in [-0.39, 0.29) is 6.00 Å². The Bertz CT molecular complexity index is 113. The van der Waals surface area contributed by atoms with Crippen molar-refractivity contribution in [2.24, 2.45) is 11.8 Å². The Morgan fingerprint density at radius 1 is 1.50 bits per heavy atom. The van der Waals surface area contributed by atoms with Gasteiger partial charge < -0.3 is 4.74 Å². The summed E-state index contributed by atoms with van der Waals surface area (Å²) in [5, 5.41) is 0. The van der Waals surface area contributed by atoms with Gasteiger partial charge in [-0.3, -0.25) is 0 Å². The molecular weight excluding hydrogens is 123 g/mol. The van der Waals surface area contributed by atoms with Crippen LogP contribution in [0.2, 0.25) is 0 Å². The SMILES string of the molecule is [2H]BC1OC(CC)C(C)C1C. The lowest BCUT2D eigenvalue weighted by atomic mass is 9.81. The Morgan fingerprint density at radius 3 is 2.50 bits per heavy atom. The molecular formula is C8H17BO. The zero-order chi connectivity index (χ0) is 8.43. The molecule has 0 radical (unpaired) electrons. The molecule has 58 valence electrons. The highest BCUT2D eigenvalue weighted by atomic mass is 16.5. The summed E-state index contributed by atoms with van der Waals surface area (Å²) in [4.78, 5) is 0. The van der Waals surface area contributed by atoms with Crippen LogP contribution in [0.1, 0.15) is 27.2 Å². The fourth-order valence-electron chi connectivity index (χ4n) is 1.62. The van der Waals surface area contributed by atoms with Crippen LogP contribution in [0.25, 0.3) is 0 Å². The Kier molecular flexibility index (Phi) is 1.98. The van der Waals surface area contributed by atoms with E-state index in [1.807, 2.05) is 0 Å². The van der Waals surface area contributed by atoms with Crippen molar-refractivity contribution in [3.8, 4) is 0 Å². The molecule has 0 aliphatic carbocycles. The van der Waals surface area contributed by atoms with Gasteiger partial charge >= 0.3 is 0 Å². The highest BCUT2D eigenvalue weighted by molar-refractivity contribution is 6.11. The van der Waals surface area contributed by atoms with Crippen LogP contribution in [-0.4, -0.2) is 21.3 Å². The lowest BCUT2D eigenvalue weighted by Gasteiger charge is -2.13. The van der Waals surface area contributed by atoms with Crippen molar-refractivity contribution < 1.29 is 4.74 Å². The highest BCUT2D eigenvalue weighted by Gasteiger charge is 2.34. The summed E-state index contributed by atoms with van der Waals surface area (Å²) in [6.45, 7) is 6.58. The first-order valence-corrected chi connectivity index (χ1v) is 4.15. The van der Waals surface area contributed by atoms with Gasteiger partial charge in [-0.1, -0.05) is 20.8 Å².